The Morgan fingerprint density at radius 1 is 1.19 bits per heavy atom. The molecule has 0 amide bonds. The van der Waals surface area contributed by atoms with E-state index < -0.39 is 52.6 Å². The smallest absolute Gasteiger partial charge is 0.726 e. The molecule has 1 heterocycles. The Kier molecular flexibility index (Phi) is 8.34. The minimum Gasteiger partial charge on any atom is -0.726 e. The number of nitro benzene ring substituents is 1. The number of hydrogen-bond donors (Lipinski definition) is 3. The zero-order valence-electron chi connectivity index (χ0n) is 13.4. The van der Waals surface area contributed by atoms with Crippen molar-refractivity contribution >= 4 is 16.1 Å². The molecule has 0 unspecified atom stereocenters. The third kappa shape index (κ3) is 5.82. The fourth-order valence-electron chi connectivity index (χ4n) is 2.18. The van der Waals surface area contributed by atoms with Gasteiger partial charge in [-0.1, -0.05) is 0 Å². The van der Waals surface area contributed by atoms with Gasteiger partial charge in [-0.25, -0.2) is 8.42 Å². The fraction of sp³-hybridized carbons (Fsp3) is 0.500. The van der Waals surface area contributed by atoms with Crippen LogP contribution in [0.3, 0.4) is 0 Å². The largest absolute Gasteiger partial charge is 1.00 e. The third-order valence-electron chi connectivity index (χ3n) is 3.35. The monoisotopic (exact) mass is 403 g/mol. The van der Waals surface area contributed by atoms with Crippen molar-refractivity contribution < 1.29 is 76.4 Å². The maximum atomic E-state index is 10.7. The molecule has 1 aromatic carbocycles. The van der Waals surface area contributed by atoms with Crippen LogP contribution in [0.1, 0.15) is 0 Å². The second kappa shape index (κ2) is 9.36. The van der Waals surface area contributed by atoms with E-state index >= 15 is 0 Å². The Hall–Kier alpha value is -0.870. The minimum absolute atomic E-state index is 0. The number of hydrogen-bond acceptors (Lipinski definition) is 11. The number of non-ortho nitro benzene ring substituents is 1. The molecule has 1 aromatic rings. The number of rotatable bonds is 6. The normalized spacial score (nSPS) is 28.8. The molecule has 0 aromatic heterocycles. The number of aliphatic hydroxyl groups excluding tert-OH is 3. The SMILES string of the molecule is O=[N+]([O-])c1ccc(O[C@@H]2O[C@H](CO)[C@H](O)[C@H](OS(=O)(=O)[O-])[C@H]2O)cc1.[Na+]. The topological polar surface area (TPSA) is 189 Å². The first-order valence-electron chi connectivity index (χ1n) is 6.80. The summed E-state index contributed by atoms with van der Waals surface area (Å²) in [4.78, 5) is 9.95. The van der Waals surface area contributed by atoms with Gasteiger partial charge in [0.05, 0.1) is 11.5 Å². The van der Waals surface area contributed by atoms with Crippen molar-refractivity contribution in [3.63, 3.8) is 0 Å². The molecule has 1 fully saturated rings. The number of nitrogens with zero attached hydrogens (tertiary/aromatic N) is 1. The molecule has 1 aliphatic heterocycles. The molecule has 26 heavy (non-hydrogen) atoms. The first-order chi connectivity index (χ1) is 11.6. The third-order valence-corrected chi connectivity index (χ3v) is 3.81. The molecule has 2 rings (SSSR count). The van der Waals surface area contributed by atoms with E-state index in [0.29, 0.717) is 0 Å². The number of aliphatic hydroxyl groups is 3. The van der Waals surface area contributed by atoms with Gasteiger partial charge < -0.3 is 29.3 Å². The summed E-state index contributed by atoms with van der Waals surface area (Å²) in [7, 11) is -5.27. The standard InChI is InChI=1S/C12H15NO11S.Na/c14-5-8-9(15)11(24-25(19,20)21)10(16)12(23-8)22-7-3-1-6(2-4-7)13(17)18;/h1-4,8-12,14-16H,5H2,(H,19,20,21);/q;+1/p-1/t8-,9+,10-,11+,12-;/m1./s1. The molecule has 0 bridgehead atoms. The maximum Gasteiger partial charge on any atom is 1.00 e. The zero-order chi connectivity index (χ0) is 18.8. The molecule has 1 saturated heterocycles. The minimum atomic E-state index is -5.27. The summed E-state index contributed by atoms with van der Waals surface area (Å²) in [6.07, 6.45) is -8.68. The molecule has 3 N–H and O–H groups in total. The summed E-state index contributed by atoms with van der Waals surface area (Å²) in [6.45, 7) is -0.785. The van der Waals surface area contributed by atoms with Gasteiger partial charge >= 0.3 is 29.6 Å². The Balaban J connectivity index is 0.00000338. The van der Waals surface area contributed by atoms with Gasteiger partial charge in [0.2, 0.25) is 16.7 Å². The predicted octanol–water partition coefficient (Wildman–Crippen LogP) is -4.74. The molecule has 14 heteroatoms. The van der Waals surface area contributed by atoms with Crippen molar-refractivity contribution in [1.29, 1.82) is 0 Å². The second-order valence-electron chi connectivity index (χ2n) is 5.04. The van der Waals surface area contributed by atoms with E-state index in [2.05, 4.69) is 4.18 Å². The molecular weight excluding hydrogens is 389 g/mol. The van der Waals surface area contributed by atoms with Crippen molar-refractivity contribution in [2.24, 2.45) is 0 Å². The van der Waals surface area contributed by atoms with Crippen LogP contribution in [-0.4, -0.2) is 70.5 Å². The molecule has 0 spiro atoms. The molecule has 0 radical (unpaired) electrons. The quantitative estimate of drug-likeness (QED) is 0.136. The van der Waals surface area contributed by atoms with Gasteiger partial charge in [-0.2, -0.15) is 0 Å². The van der Waals surface area contributed by atoms with E-state index in [4.69, 9.17) is 14.6 Å². The molecule has 5 atom stereocenters. The maximum absolute atomic E-state index is 10.7. The van der Waals surface area contributed by atoms with E-state index in [9.17, 15) is 33.3 Å². The number of benzene rings is 1. The van der Waals surface area contributed by atoms with E-state index in [1.807, 2.05) is 0 Å². The van der Waals surface area contributed by atoms with E-state index in [1.165, 1.54) is 12.1 Å². The van der Waals surface area contributed by atoms with Crippen molar-refractivity contribution in [3.05, 3.63) is 34.4 Å². The molecule has 12 nitrogen and oxygen atoms in total. The Bertz CT molecular complexity index is 712. The summed E-state index contributed by atoms with van der Waals surface area (Å²) in [5, 5.41) is 39.6. The van der Waals surface area contributed by atoms with Crippen LogP contribution in [-0.2, 0) is 19.3 Å². The van der Waals surface area contributed by atoms with E-state index in [-0.39, 0.29) is 41.0 Å². The summed E-state index contributed by atoms with van der Waals surface area (Å²) >= 11 is 0. The Morgan fingerprint density at radius 2 is 1.77 bits per heavy atom. The van der Waals surface area contributed by atoms with Gasteiger partial charge in [-0.3, -0.25) is 14.3 Å². The zero-order valence-corrected chi connectivity index (χ0v) is 16.2. The molecule has 0 saturated carbocycles. The van der Waals surface area contributed by atoms with E-state index in [0.717, 1.165) is 12.1 Å². The molecule has 140 valence electrons. The van der Waals surface area contributed by atoms with Crippen molar-refractivity contribution in [3.8, 4) is 5.75 Å². The second-order valence-corrected chi connectivity index (χ2v) is 6.05. The summed E-state index contributed by atoms with van der Waals surface area (Å²) < 4.78 is 46.7. The molecule has 0 aliphatic carbocycles. The first-order valence-corrected chi connectivity index (χ1v) is 8.13. The van der Waals surface area contributed by atoms with Gasteiger partial charge in [0.15, 0.2) is 0 Å². The summed E-state index contributed by atoms with van der Waals surface area (Å²) in [5.41, 5.74) is -0.222. The molecular formula is C12H14NNaO11S. The predicted molar refractivity (Wildman–Crippen MR) is 76.1 cm³/mol. The van der Waals surface area contributed by atoms with Crippen LogP contribution in [0.15, 0.2) is 24.3 Å². The van der Waals surface area contributed by atoms with E-state index in [1.54, 1.807) is 0 Å². The van der Waals surface area contributed by atoms with Gasteiger partial charge in [0.1, 0.15) is 30.2 Å². The number of nitro groups is 1. The summed E-state index contributed by atoms with van der Waals surface area (Å²) in [6, 6.07) is 4.60. The fourth-order valence-corrected chi connectivity index (χ4v) is 2.68. The van der Waals surface area contributed by atoms with Crippen LogP contribution >= 0.6 is 0 Å². The van der Waals surface area contributed by atoms with Gasteiger partial charge in [0, 0.05) is 12.1 Å². The van der Waals surface area contributed by atoms with Crippen LogP contribution in [0.4, 0.5) is 5.69 Å². The van der Waals surface area contributed by atoms with Crippen LogP contribution in [0.2, 0.25) is 0 Å². The van der Waals surface area contributed by atoms with Gasteiger partial charge in [-0.05, 0) is 12.1 Å². The van der Waals surface area contributed by atoms with Crippen molar-refractivity contribution in [1.82, 2.24) is 0 Å². The summed E-state index contributed by atoms with van der Waals surface area (Å²) in [5.74, 6) is 0.00598. The van der Waals surface area contributed by atoms with Crippen molar-refractivity contribution in [2.75, 3.05) is 6.61 Å². The Labute approximate surface area is 169 Å². The van der Waals surface area contributed by atoms with Gasteiger partial charge in [0.25, 0.3) is 5.69 Å². The average molecular weight is 403 g/mol. The van der Waals surface area contributed by atoms with Crippen LogP contribution in [0, 0.1) is 10.1 Å². The number of ether oxygens (including phenoxy) is 2. The van der Waals surface area contributed by atoms with Crippen LogP contribution in [0.25, 0.3) is 0 Å². The van der Waals surface area contributed by atoms with Gasteiger partial charge in [-0.15, -0.1) is 0 Å². The Morgan fingerprint density at radius 3 is 2.23 bits per heavy atom. The van der Waals surface area contributed by atoms with Crippen LogP contribution < -0.4 is 34.3 Å². The van der Waals surface area contributed by atoms with Crippen molar-refractivity contribution in [2.45, 2.75) is 30.7 Å². The average Bonchev–Trinajstić information content (AvgIpc) is 2.53. The molecule has 1 aliphatic rings. The first kappa shape index (κ1) is 23.2. The van der Waals surface area contributed by atoms with Crippen LogP contribution in [0.5, 0.6) is 5.75 Å².